The molecule has 0 unspecified atom stereocenters. The number of aliphatic hydroxyl groups is 1. The fourth-order valence-corrected chi connectivity index (χ4v) is 3.04. The Hall–Kier alpha value is -0.440. The quantitative estimate of drug-likeness (QED) is 0.887. The van der Waals surface area contributed by atoms with Gasteiger partial charge in [0.25, 0.3) is 0 Å². The van der Waals surface area contributed by atoms with Gasteiger partial charge in [0.1, 0.15) is 5.75 Å². The third-order valence-corrected chi connectivity index (χ3v) is 3.94. The third kappa shape index (κ3) is 3.53. The standard InChI is InChI=1S/C14H18Cl2O2/c15-12-6-11(8-17)14(13(16)7-12)18-9-10-4-2-1-3-5-10/h6-7,10,17H,1-5,8-9H2. The molecule has 1 aromatic rings. The SMILES string of the molecule is OCc1cc(Cl)cc(Cl)c1OCC1CCCCC1. The number of rotatable bonds is 4. The van der Waals surface area contributed by atoms with Gasteiger partial charge in [0.15, 0.2) is 0 Å². The van der Waals surface area contributed by atoms with Crippen LogP contribution in [0.4, 0.5) is 0 Å². The van der Waals surface area contributed by atoms with Crippen LogP contribution in [0.2, 0.25) is 10.0 Å². The molecular weight excluding hydrogens is 271 g/mol. The summed E-state index contributed by atoms with van der Waals surface area (Å²) in [6, 6.07) is 3.35. The van der Waals surface area contributed by atoms with Crippen molar-refractivity contribution < 1.29 is 9.84 Å². The predicted octanol–water partition coefficient (Wildman–Crippen LogP) is 4.44. The molecule has 1 aliphatic carbocycles. The number of benzene rings is 1. The molecule has 0 heterocycles. The number of hydrogen-bond acceptors (Lipinski definition) is 2. The molecule has 0 amide bonds. The Morgan fingerprint density at radius 3 is 2.56 bits per heavy atom. The summed E-state index contributed by atoms with van der Waals surface area (Å²) in [5.74, 6) is 1.19. The van der Waals surface area contributed by atoms with Crippen molar-refractivity contribution in [3.8, 4) is 5.75 Å². The molecule has 1 saturated carbocycles. The Labute approximate surface area is 118 Å². The highest BCUT2D eigenvalue weighted by Gasteiger charge is 2.16. The largest absolute Gasteiger partial charge is 0.491 e. The molecule has 1 aliphatic rings. The maximum Gasteiger partial charge on any atom is 0.143 e. The summed E-state index contributed by atoms with van der Waals surface area (Å²) in [6.45, 7) is 0.564. The van der Waals surface area contributed by atoms with Gasteiger partial charge in [0.05, 0.1) is 18.2 Å². The van der Waals surface area contributed by atoms with Crippen LogP contribution < -0.4 is 4.74 Å². The van der Waals surface area contributed by atoms with E-state index in [2.05, 4.69) is 0 Å². The summed E-state index contributed by atoms with van der Waals surface area (Å²) in [7, 11) is 0. The van der Waals surface area contributed by atoms with Crippen molar-refractivity contribution in [3.05, 3.63) is 27.7 Å². The van der Waals surface area contributed by atoms with Gasteiger partial charge >= 0.3 is 0 Å². The van der Waals surface area contributed by atoms with E-state index in [0.29, 0.717) is 33.9 Å². The number of halogens is 2. The zero-order chi connectivity index (χ0) is 13.0. The van der Waals surface area contributed by atoms with Crippen LogP contribution in [0.3, 0.4) is 0 Å². The minimum atomic E-state index is -0.111. The van der Waals surface area contributed by atoms with E-state index in [1.54, 1.807) is 12.1 Å². The lowest BCUT2D eigenvalue weighted by molar-refractivity contribution is 0.201. The third-order valence-electron chi connectivity index (χ3n) is 3.44. The molecule has 1 N–H and O–H groups in total. The van der Waals surface area contributed by atoms with Crippen LogP contribution in [0.25, 0.3) is 0 Å². The summed E-state index contributed by atoms with van der Waals surface area (Å²) < 4.78 is 5.80. The molecule has 1 aromatic carbocycles. The van der Waals surface area contributed by atoms with Crippen LogP contribution in [0.1, 0.15) is 37.7 Å². The molecule has 18 heavy (non-hydrogen) atoms. The van der Waals surface area contributed by atoms with Crippen LogP contribution >= 0.6 is 23.2 Å². The molecule has 0 aliphatic heterocycles. The molecule has 0 radical (unpaired) electrons. The van der Waals surface area contributed by atoms with Crippen molar-refractivity contribution >= 4 is 23.2 Å². The van der Waals surface area contributed by atoms with Gasteiger partial charge in [0, 0.05) is 10.6 Å². The van der Waals surface area contributed by atoms with E-state index in [1.165, 1.54) is 32.1 Å². The van der Waals surface area contributed by atoms with Crippen LogP contribution in [0, 0.1) is 5.92 Å². The van der Waals surface area contributed by atoms with Crippen LogP contribution in [-0.4, -0.2) is 11.7 Å². The van der Waals surface area contributed by atoms with Crippen LogP contribution in [-0.2, 0) is 6.61 Å². The van der Waals surface area contributed by atoms with Crippen molar-refractivity contribution in [2.45, 2.75) is 38.7 Å². The molecule has 0 spiro atoms. The molecular formula is C14H18Cl2O2. The summed E-state index contributed by atoms with van der Waals surface area (Å²) >= 11 is 12.0. The summed E-state index contributed by atoms with van der Waals surface area (Å²) in [4.78, 5) is 0. The molecule has 0 saturated heterocycles. The lowest BCUT2D eigenvalue weighted by Gasteiger charge is -2.22. The average molecular weight is 289 g/mol. The molecule has 0 bridgehead atoms. The second-order valence-electron chi connectivity index (χ2n) is 4.85. The van der Waals surface area contributed by atoms with Gasteiger partial charge in [-0.05, 0) is 30.9 Å². The Morgan fingerprint density at radius 2 is 1.89 bits per heavy atom. The van der Waals surface area contributed by atoms with Gasteiger partial charge in [-0.3, -0.25) is 0 Å². The summed E-state index contributed by atoms with van der Waals surface area (Å²) in [5.41, 5.74) is 0.656. The first-order valence-corrected chi connectivity index (χ1v) is 7.18. The Kier molecular flexibility index (Phi) is 5.16. The molecule has 2 rings (SSSR count). The maximum absolute atomic E-state index is 9.31. The van der Waals surface area contributed by atoms with Gasteiger partial charge in [-0.15, -0.1) is 0 Å². The van der Waals surface area contributed by atoms with Gasteiger partial charge in [-0.2, -0.15) is 0 Å². The smallest absolute Gasteiger partial charge is 0.143 e. The van der Waals surface area contributed by atoms with Gasteiger partial charge in [-0.1, -0.05) is 42.5 Å². The molecule has 0 atom stereocenters. The second kappa shape index (κ2) is 6.65. The Bertz CT molecular complexity index is 401. The first kappa shape index (κ1) is 14.0. The van der Waals surface area contributed by atoms with E-state index in [4.69, 9.17) is 27.9 Å². The lowest BCUT2D eigenvalue weighted by Crippen LogP contribution is -2.16. The van der Waals surface area contributed by atoms with Gasteiger partial charge in [0.2, 0.25) is 0 Å². The van der Waals surface area contributed by atoms with E-state index in [1.807, 2.05) is 0 Å². The van der Waals surface area contributed by atoms with Crippen LogP contribution in [0.15, 0.2) is 12.1 Å². The summed E-state index contributed by atoms with van der Waals surface area (Å²) in [6.07, 6.45) is 6.35. The fourth-order valence-electron chi connectivity index (χ4n) is 2.45. The lowest BCUT2D eigenvalue weighted by atomic mass is 9.90. The minimum Gasteiger partial charge on any atom is -0.491 e. The first-order valence-electron chi connectivity index (χ1n) is 6.42. The molecule has 4 heteroatoms. The molecule has 100 valence electrons. The van der Waals surface area contributed by atoms with E-state index in [9.17, 15) is 5.11 Å². The Balaban J connectivity index is 2.03. The highest BCUT2D eigenvalue weighted by atomic mass is 35.5. The van der Waals surface area contributed by atoms with Crippen molar-refractivity contribution in [2.24, 2.45) is 5.92 Å². The second-order valence-corrected chi connectivity index (χ2v) is 5.69. The summed E-state index contributed by atoms with van der Waals surface area (Å²) in [5, 5.41) is 10.3. The zero-order valence-electron chi connectivity index (χ0n) is 10.3. The van der Waals surface area contributed by atoms with Crippen molar-refractivity contribution in [2.75, 3.05) is 6.61 Å². The normalized spacial score (nSPS) is 16.8. The van der Waals surface area contributed by atoms with E-state index >= 15 is 0 Å². The average Bonchev–Trinajstić information content (AvgIpc) is 2.38. The zero-order valence-corrected chi connectivity index (χ0v) is 11.8. The fraction of sp³-hybridized carbons (Fsp3) is 0.571. The topological polar surface area (TPSA) is 29.5 Å². The van der Waals surface area contributed by atoms with Crippen molar-refractivity contribution in [1.29, 1.82) is 0 Å². The minimum absolute atomic E-state index is 0.111. The number of aliphatic hydroxyl groups excluding tert-OH is 1. The van der Waals surface area contributed by atoms with E-state index in [-0.39, 0.29) is 6.61 Å². The first-order chi connectivity index (χ1) is 8.70. The maximum atomic E-state index is 9.31. The Morgan fingerprint density at radius 1 is 1.17 bits per heavy atom. The number of ether oxygens (including phenoxy) is 1. The monoisotopic (exact) mass is 288 g/mol. The van der Waals surface area contributed by atoms with E-state index in [0.717, 1.165) is 0 Å². The van der Waals surface area contributed by atoms with Crippen molar-refractivity contribution in [3.63, 3.8) is 0 Å². The molecule has 1 fully saturated rings. The van der Waals surface area contributed by atoms with Gasteiger partial charge < -0.3 is 9.84 Å². The highest BCUT2D eigenvalue weighted by Crippen LogP contribution is 2.34. The molecule has 2 nitrogen and oxygen atoms in total. The predicted molar refractivity (Wildman–Crippen MR) is 74.5 cm³/mol. The molecule has 0 aromatic heterocycles. The highest BCUT2D eigenvalue weighted by molar-refractivity contribution is 6.35. The van der Waals surface area contributed by atoms with Crippen molar-refractivity contribution in [1.82, 2.24) is 0 Å². The van der Waals surface area contributed by atoms with E-state index < -0.39 is 0 Å². The number of hydrogen-bond donors (Lipinski definition) is 1. The van der Waals surface area contributed by atoms with Crippen LogP contribution in [0.5, 0.6) is 5.75 Å². The van der Waals surface area contributed by atoms with Gasteiger partial charge in [-0.25, -0.2) is 0 Å².